The second-order valence-electron chi connectivity index (χ2n) is 8.23. The van der Waals surface area contributed by atoms with Gasteiger partial charge in [0.1, 0.15) is 0 Å². The minimum Gasteiger partial charge on any atom is -0.342 e. The second-order valence-corrected chi connectivity index (χ2v) is 8.23. The van der Waals surface area contributed by atoms with Gasteiger partial charge < -0.3 is 9.47 Å². The van der Waals surface area contributed by atoms with Gasteiger partial charge in [0.25, 0.3) is 0 Å². The van der Waals surface area contributed by atoms with Crippen molar-refractivity contribution in [3.63, 3.8) is 0 Å². The summed E-state index contributed by atoms with van der Waals surface area (Å²) in [6.07, 6.45) is 5.74. The average molecular weight is 383 g/mol. The predicted molar refractivity (Wildman–Crippen MR) is 120 cm³/mol. The summed E-state index contributed by atoms with van der Waals surface area (Å²) in [5.74, 6) is 0.110. The van der Waals surface area contributed by atoms with Gasteiger partial charge in [-0.3, -0.25) is 4.79 Å². The van der Waals surface area contributed by atoms with Crippen molar-refractivity contribution in [1.29, 1.82) is 0 Å². The van der Waals surface area contributed by atoms with Crippen molar-refractivity contribution in [3.05, 3.63) is 84.1 Å². The van der Waals surface area contributed by atoms with Crippen LogP contribution >= 0.6 is 0 Å². The van der Waals surface area contributed by atoms with E-state index in [0.29, 0.717) is 6.04 Å². The largest absolute Gasteiger partial charge is 0.342 e. The molecule has 146 valence electrons. The number of rotatable bonds is 3. The Kier molecular flexibility index (Phi) is 4.69. The number of likely N-dealkylation sites (N-methyl/N-ethyl adjacent to an activating group) is 1. The first-order valence-corrected chi connectivity index (χ1v) is 10.5. The molecule has 0 radical (unpaired) electrons. The summed E-state index contributed by atoms with van der Waals surface area (Å²) in [4.78, 5) is 16.1. The maximum absolute atomic E-state index is 13.7. The van der Waals surface area contributed by atoms with Gasteiger partial charge in [0.05, 0.1) is 0 Å². The monoisotopic (exact) mass is 382 g/mol. The lowest BCUT2D eigenvalue weighted by molar-refractivity contribution is 0.104. The summed E-state index contributed by atoms with van der Waals surface area (Å²) in [7, 11) is 2.20. The van der Waals surface area contributed by atoms with Crippen molar-refractivity contribution in [3.8, 4) is 0 Å². The molecule has 0 spiro atoms. The van der Waals surface area contributed by atoms with E-state index < -0.39 is 0 Å². The highest BCUT2D eigenvalue weighted by Crippen LogP contribution is 2.31. The van der Waals surface area contributed by atoms with E-state index in [-0.39, 0.29) is 5.78 Å². The molecule has 2 heterocycles. The number of hydrogen-bond acceptors (Lipinski definition) is 2. The Morgan fingerprint density at radius 2 is 1.62 bits per heavy atom. The highest BCUT2D eigenvalue weighted by Gasteiger charge is 2.23. The van der Waals surface area contributed by atoms with Crippen molar-refractivity contribution in [2.45, 2.75) is 25.3 Å². The van der Waals surface area contributed by atoms with E-state index in [1.165, 1.54) is 12.8 Å². The summed E-state index contributed by atoms with van der Waals surface area (Å²) >= 11 is 0. The van der Waals surface area contributed by atoms with Gasteiger partial charge in [0, 0.05) is 40.8 Å². The number of likely N-dealkylation sites (tertiary alicyclic amines) is 1. The Morgan fingerprint density at radius 3 is 2.52 bits per heavy atom. The first-order valence-electron chi connectivity index (χ1n) is 10.5. The van der Waals surface area contributed by atoms with E-state index in [1.807, 2.05) is 36.4 Å². The molecule has 1 aliphatic heterocycles. The van der Waals surface area contributed by atoms with Crippen LogP contribution in [0.2, 0.25) is 0 Å². The Balaban J connectivity index is 1.65. The first-order chi connectivity index (χ1) is 14.2. The number of carbonyl (C=O) groups excluding carboxylic acids is 1. The highest BCUT2D eigenvalue weighted by molar-refractivity contribution is 6.21. The van der Waals surface area contributed by atoms with Gasteiger partial charge in [-0.2, -0.15) is 0 Å². The van der Waals surface area contributed by atoms with Gasteiger partial charge in [-0.15, -0.1) is 0 Å². The van der Waals surface area contributed by atoms with E-state index in [1.54, 1.807) is 0 Å². The maximum Gasteiger partial charge on any atom is 0.195 e. The van der Waals surface area contributed by atoms with E-state index in [2.05, 4.69) is 53.0 Å². The molecule has 0 unspecified atom stereocenters. The molecule has 0 saturated carbocycles. The number of aromatic nitrogens is 1. The minimum absolute atomic E-state index is 0.110. The van der Waals surface area contributed by atoms with Gasteiger partial charge in [0.15, 0.2) is 5.78 Å². The summed E-state index contributed by atoms with van der Waals surface area (Å²) in [5.41, 5.74) is 2.75. The zero-order valence-corrected chi connectivity index (χ0v) is 16.8. The Labute approximate surface area is 171 Å². The van der Waals surface area contributed by atoms with Crippen LogP contribution in [0.1, 0.15) is 41.2 Å². The lowest BCUT2D eigenvalue weighted by atomic mass is 9.97. The van der Waals surface area contributed by atoms with Crippen molar-refractivity contribution in [2.24, 2.45) is 0 Å². The third-order valence-corrected chi connectivity index (χ3v) is 6.26. The number of benzene rings is 3. The van der Waals surface area contributed by atoms with Crippen LogP contribution in [0.15, 0.2) is 72.9 Å². The lowest BCUT2D eigenvalue weighted by Gasteiger charge is -2.22. The molecule has 1 aliphatic rings. The Hall–Kier alpha value is -2.91. The molecule has 5 rings (SSSR count). The summed E-state index contributed by atoms with van der Waals surface area (Å²) in [6.45, 7) is 2.18. The average Bonchev–Trinajstić information content (AvgIpc) is 3.01. The molecule has 3 nitrogen and oxygen atoms in total. The van der Waals surface area contributed by atoms with Gasteiger partial charge in [0.2, 0.25) is 0 Å². The zero-order chi connectivity index (χ0) is 19.8. The zero-order valence-electron chi connectivity index (χ0n) is 16.8. The molecule has 0 aliphatic carbocycles. The first kappa shape index (κ1) is 18.1. The summed E-state index contributed by atoms with van der Waals surface area (Å²) in [5, 5.41) is 3.18. The number of fused-ring (bicyclic) bond motifs is 2. The molecule has 4 aromatic rings. The van der Waals surface area contributed by atoms with Gasteiger partial charge >= 0.3 is 0 Å². The Bertz CT molecular complexity index is 1180. The third-order valence-electron chi connectivity index (χ3n) is 6.26. The van der Waals surface area contributed by atoms with Crippen molar-refractivity contribution < 1.29 is 4.79 Å². The molecular formula is C26H26N2O. The molecule has 3 aromatic carbocycles. The molecule has 1 saturated heterocycles. The van der Waals surface area contributed by atoms with E-state index in [4.69, 9.17) is 0 Å². The Morgan fingerprint density at radius 1 is 0.862 bits per heavy atom. The van der Waals surface area contributed by atoms with Gasteiger partial charge in [-0.1, -0.05) is 67.1 Å². The number of carbonyl (C=O) groups is 1. The standard InChI is InChI=1S/C26H26N2O/c1-27-16-7-6-11-20(17-27)28-18-24(22-13-4-5-15-25(22)28)26(29)23-14-8-10-19-9-2-3-12-21(19)23/h2-5,8-10,12-15,18,20H,6-7,11,16-17H2,1H3/t20-/m0/s1. The number of ketones is 1. The third kappa shape index (κ3) is 3.26. The fraction of sp³-hybridized carbons (Fsp3) is 0.269. The maximum atomic E-state index is 13.7. The molecule has 0 bridgehead atoms. The quantitative estimate of drug-likeness (QED) is 0.426. The molecule has 1 atom stereocenters. The SMILES string of the molecule is CN1CCCC[C@H](n2cc(C(=O)c3cccc4ccccc34)c3ccccc32)C1. The van der Waals surface area contributed by atoms with Crippen LogP contribution in [0.5, 0.6) is 0 Å². The van der Waals surface area contributed by atoms with E-state index in [9.17, 15) is 4.79 Å². The van der Waals surface area contributed by atoms with E-state index >= 15 is 0 Å². The topological polar surface area (TPSA) is 25.2 Å². The van der Waals surface area contributed by atoms with Gasteiger partial charge in [-0.25, -0.2) is 0 Å². The van der Waals surface area contributed by atoms with Crippen molar-refractivity contribution in [1.82, 2.24) is 9.47 Å². The summed E-state index contributed by atoms with van der Waals surface area (Å²) in [6, 6.07) is 22.9. The number of nitrogens with zero attached hydrogens (tertiary/aromatic N) is 2. The fourth-order valence-electron chi connectivity index (χ4n) is 4.79. The predicted octanol–water partition coefficient (Wildman–Crippen LogP) is 5.68. The molecule has 3 heteroatoms. The molecule has 29 heavy (non-hydrogen) atoms. The molecule has 0 amide bonds. The van der Waals surface area contributed by atoms with Crippen LogP contribution in [0, 0.1) is 0 Å². The highest BCUT2D eigenvalue weighted by atomic mass is 16.1. The summed E-state index contributed by atoms with van der Waals surface area (Å²) < 4.78 is 2.36. The van der Waals surface area contributed by atoms with Gasteiger partial charge in [-0.05, 0) is 43.3 Å². The van der Waals surface area contributed by atoms with Crippen LogP contribution in [0.3, 0.4) is 0 Å². The molecule has 1 aromatic heterocycles. The van der Waals surface area contributed by atoms with Crippen molar-refractivity contribution in [2.75, 3.05) is 20.1 Å². The molecule has 1 fully saturated rings. The fourth-order valence-corrected chi connectivity index (χ4v) is 4.79. The lowest BCUT2D eigenvalue weighted by Crippen LogP contribution is -2.25. The van der Waals surface area contributed by atoms with Crippen molar-refractivity contribution >= 4 is 27.5 Å². The number of hydrogen-bond donors (Lipinski definition) is 0. The smallest absolute Gasteiger partial charge is 0.195 e. The van der Waals surface area contributed by atoms with Crippen LogP contribution < -0.4 is 0 Å². The van der Waals surface area contributed by atoms with Crippen LogP contribution in [-0.4, -0.2) is 35.4 Å². The van der Waals surface area contributed by atoms with Crippen LogP contribution in [-0.2, 0) is 0 Å². The van der Waals surface area contributed by atoms with Crippen LogP contribution in [0.25, 0.3) is 21.7 Å². The molecular weight excluding hydrogens is 356 g/mol. The van der Waals surface area contributed by atoms with Crippen LogP contribution in [0.4, 0.5) is 0 Å². The number of para-hydroxylation sites is 1. The second kappa shape index (κ2) is 7.49. The normalized spacial score (nSPS) is 18.2. The molecule has 0 N–H and O–H groups in total. The minimum atomic E-state index is 0.110. The van der Waals surface area contributed by atoms with E-state index in [0.717, 1.165) is 52.3 Å².